The fourth-order valence-electron chi connectivity index (χ4n) is 3.30. The van der Waals surface area contributed by atoms with Gasteiger partial charge in [-0.05, 0) is 29.5 Å². The number of carbonyl (C=O) groups is 2. The van der Waals surface area contributed by atoms with E-state index in [1.54, 1.807) is 0 Å². The second kappa shape index (κ2) is 9.49. The second-order valence-corrected chi connectivity index (χ2v) is 8.24. The lowest BCUT2D eigenvalue weighted by Crippen LogP contribution is -2.45. The van der Waals surface area contributed by atoms with E-state index in [0.717, 1.165) is 18.6 Å². The van der Waals surface area contributed by atoms with E-state index in [4.69, 9.17) is 5.11 Å². The summed E-state index contributed by atoms with van der Waals surface area (Å²) in [4.78, 5) is 33.9. The smallest absolute Gasteiger partial charge is 0.335 e. The summed E-state index contributed by atoms with van der Waals surface area (Å²) in [6.07, 6.45) is 0.870. The largest absolute Gasteiger partial charge is 0.478 e. The third-order valence-electron chi connectivity index (χ3n) is 4.82. The van der Waals surface area contributed by atoms with Crippen molar-refractivity contribution < 1.29 is 19.6 Å². The zero-order chi connectivity index (χ0) is 22.5. The van der Waals surface area contributed by atoms with Crippen LogP contribution in [0.15, 0.2) is 54.6 Å². The van der Waals surface area contributed by atoms with Gasteiger partial charge in [0.15, 0.2) is 0 Å². The number of benzene rings is 2. The first-order chi connectivity index (χ1) is 14.0. The number of hydrogen-bond donors (Lipinski definition) is 2. The minimum Gasteiger partial charge on any atom is -0.478 e. The zero-order valence-electron chi connectivity index (χ0n) is 17.5. The van der Waals surface area contributed by atoms with Gasteiger partial charge in [0.05, 0.1) is 22.7 Å². The number of likely N-dealkylation sites (N-methyl/N-ethyl adjacent to an activating group) is 1. The molecule has 1 aliphatic rings. The number of nitrogens with zero attached hydrogens (tertiary/aromatic N) is 2. The molecule has 30 heavy (non-hydrogen) atoms. The van der Waals surface area contributed by atoms with E-state index in [1.807, 2.05) is 30.1 Å². The molecule has 0 saturated carbocycles. The molecule has 2 aromatic rings. The minimum atomic E-state index is -1.09. The molecule has 3 rings (SSSR count). The van der Waals surface area contributed by atoms with Crippen LogP contribution in [0.2, 0.25) is 0 Å². The van der Waals surface area contributed by atoms with Crippen LogP contribution in [0.1, 0.15) is 36.7 Å². The van der Waals surface area contributed by atoms with Gasteiger partial charge >= 0.3 is 5.97 Å². The van der Waals surface area contributed by atoms with Crippen molar-refractivity contribution in [3.05, 3.63) is 75.8 Å². The Morgan fingerprint density at radius 1 is 1.13 bits per heavy atom. The molecule has 2 atom stereocenters. The van der Waals surface area contributed by atoms with Crippen molar-refractivity contribution in [3.8, 4) is 0 Å². The van der Waals surface area contributed by atoms with E-state index >= 15 is 0 Å². The molecule has 0 aliphatic carbocycles. The summed E-state index contributed by atoms with van der Waals surface area (Å²) < 4.78 is 0. The predicted molar refractivity (Wildman–Crippen MR) is 113 cm³/mol. The Morgan fingerprint density at radius 2 is 1.70 bits per heavy atom. The summed E-state index contributed by atoms with van der Waals surface area (Å²) in [5.41, 5.74) is 1.18. The number of nitro groups is 1. The molecule has 8 heteroatoms. The summed E-state index contributed by atoms with van der Waals surface area (Å²) in [5, 5.41) is 22.0. The Labute approximate surface area is 175 Å². The topological polar surface area (TPSA) is 113 Å². The molecule has 0 radical (unpaired) electrons. The molecular formula is C22H27N3O5. The average Bonchev–Trinajstić information content (AvgIpc) is 2.98. The van der Waals surface area contributed by atoms with Gasteiger partial charge in [-0.25, -0.2) is 4.79 Å². The van der Waals surface area contributed by atoms with Crippen molar-refractivity contribution in [2.45, 2.75) is 39.4 Å². The molecule has 1 heterocycles. The first-order valence-electron chi connectivity index (χ1n) is 9.55. The molecule has 1 saturated heterocycles. The van der Waals surface area contributed by atoms with Crippen molar-refractivity contribution in [1.82, 2.24) is 10.2 Å². The Hall–Kier alpha value is -3.26. The fraction of sp³-hybridized carbons (Fsp3) is 0.364. The maximum absolute atomic E-state index is 12.2. The van der Waals surface area contributed by atoms with Crippen LogP contribution in [-0.4, -0.2) is 46.1 Å². The monoisotopic (exact) mass is 413 g/mol. The highest BCUT2D eigenvalue weighted by molar-refractivity contribution is 5.87. The molecule has 1 amide bonds. The maximum atomic E-state index is 12.2. The molecule has 0 spiro atoms. The van der Waals surface area contributed by atoms with Crippen LogP contribution in [0.5, 0.6) is 0 Å². The van der Waals surface area contributed by atoms with Crippen LogP contribution in [0, 0.1) is 15.5 Å². The molecule has 1 fully saturated rings. The van der Waals surface area contributed by atoms with Crippen LogP contribution in [-0.2, 0) is 11.2 Å². The van der Waals surface area contributed by atoms with Crippen molar-refractivity contribution in [2.24, 2.45) is 5.41 Å². The van der Waals surface area contributed by atoms with E-state index in [0.29, 0.717) is 0 Å². The standard InChI is InChI=1S/C15H22N2O.C7H5NO4/c1-15(2,3)14-16-12(13(18)17(14)4)10-11-8-6-5-7-9-11;9-7(10)5-1-3-6(4-2-5)8(11)12/h5-9,12,14,16H,10H2,1-4H3;1-4H,(H,9,10)/t12-,14-;/m1./s1. The molecule has 2 N–H and O–H groups in total. The summed E-state index contributed by atoms with van der Waals surface area (Å²) in [6.45, 7) is 6.46. The van der Waals surface area contributed by atoms with Crippen molar-refractivity contribution >= 4 is 17.6 Å². The molecule has 8 nitrogen and oxygen atoms in total. The first kappa shape index (κ1) is 23.0. The Bertz CT molecular complexity index is 858. The van der Waals surface area contributed by atoms with Gasteiger partial charge in [0.2, 0.25) is 5.91 Å². The quantitative estimate of drug-likeness (QED) is 0.587. The Morgan fingerprint density at radius 3 is 2.13 bits per heavy atom. The van der Waals surface area contributed by atoms with E-state index in [2.05, 4.69) is 38.2 Å². The van der Waals surface area contributed by atoms with Crippen molar-refractivity contribution in [3.63, 3.8) is 0 Å². The number of amides is 1. The van der Waals surface area contributed by atoms with Gasteiger partial charge in [0.25, 0.3) is 5.69 Å². The van der Waals surface area contributed by atoms with E-state index in [9.17, 15) is 19.7 Å². The summed E-state index contributed by atoms with van der Waals surface area (Å²) >= 11 is 0. The van der Waals surface area contributed by atoms with Gasteiger partial charge in [0, 0.05) is 19.2 Å². The van der Waals surface area contributed by atoms with Crippen LogP contribution in [0.25, 0.3) is 0 Å². The number of nitrogens with one attached hydrogen (secondary N) is 1. The molecule has 2 aromatic carbocycles. The summed E-state index contributed by atoms with van der Waals surface area (Å²) in [6, 6.07) is 14.8. The van der Waals surface area contributed by atoms with E-state index in [1.165, 1.54) is 17.7 Å². The number of non-ortho nitro benzene ring substituents is 1. The number of hydrogen-bond acceptors (Lipinski definition) is 5. The lowest BCUT2D eigenvalue weighted by atomic mass is 9.92. The third kappa shape index (κ3) is 5.87. The van der Waals surface area contributed by atoms with Crippen molar-refractivity contribution in [1.29, 1.82) is 0 Å². The number of carboxylic acids is 1. The third-order valence-corrected chi connectivity index (χ3v) is 4.82. The number of nitro benzene ring substituents is 1. The number of rotatable bonds is 4. The Kier molecular flexibility index (Phi) is 7.28. The maximum Gasteiger partial charge on any atom is 0.335 e. The molecule has 1 aliphatic heterocycles. The molecule has 0 aromatic heterocycles. The van der Waals surface area contributed by atoms with Gasteiger partial charge in [-0.3, -0.25) is 20.2 Å². The highest BCUT2D eigenvalue weighted by atomic mass is 16.6. The van der Waals surface area contributed by atoms with Gasteiger partial charge < -0.3 is 10.0 Å². The van der Waals surface area contributed by atoms with E-state index in [-0.39, 0.29) is 34.8 Å². The lowest BCUT2D eigenvalue weighted by Gasteiger charge is -2.32. The second-order valence-electron chi connectivity index (χ2n) is 8.24. The lowest BCUT2D eigenvalue weighted by molar-refractivity contribution is -0.384. The summed E-state index contributed by atoms with van der Waals surface area (Å²) in [7, 11) is 1.89. The van der Waals surface area contributed by atoms with Crippen LogP contribution in [0.4, 0.5) is 5.69 Å². The summed E-state index contributed by atoms with van der Waals surface area (Å²) in [5.74, 6) is -0.899. The molecule has 0 bridgehead atoms. The average molecular weight is 413 g/mol. The first-order valence-corrected chi connectivity index (χ1v) is 9.55. The fourth-order valence-corrected chi connectivity index (χ4v) is 3.30. The number of carbonyl (C=O) groups excluding carboxylic acids is 1. The Balaban J connectivity index is 0.000000232. The highest BCUT2D eigenvalue weighted by Gasteiger charge is 2.41. The van der Waals surface area contributed by atoms with Gasteiger partial charge in [0.1, 0.15) is 0 Å². The van der Waals surface area contributed by atoms with Crippen LogP contribution in [0.3, 0.4) is 0 Å². The van der Waals surface area contributed by atoms with Crippen LogP contribution >= 0.6 is 0 Å². The highest BCUT2D eigenvalue weighted by Crippen LogP contribution is 2.27. The molecule has 0 unspecified atom stereocenters. The normalized spacial score (nSPS) is 18.5. The number of carboxylic acid groups (broad SMARTS) is 1. The predicted octanol–water partition coefficient (Wildman–Crippen LogP) is 3.32. The SMILES string of the molecule is CN1C(=O)[C@@H](Cc2ccccc2)N[C@H]1C(C)(C)C.O=C(O)c1ccc([N+](=O)[O-])cc1. The van der Waals surface area contributed by atoms with Gasteiger partial charge in [-0.15, -0.1) is 0 Å². The van der Waals surface area contributed by atoms with Gasteiger partial charge in [-0.1, -0.05) is 51.1 Å². The molecule has 160 valence electrons. The number of aromatic carboxylic acids is 1. The zero-order valence-corrected chi connectivity index (χ0v) is 17.5. The van der Waals surface area contributed by atoms with Crippen LogP contribution < -0.4 is 5.32 Å². The van der Waals surface area contributed by atoms with Gasteiger partial charge in [-0.2, -0.15) is 0 Å². The molecular weight excluding hydrogens is 386 g/mol. The minimum absolute atomic E-state index is 0.0422. The van der Waals surface area contributed by atoms with E-state index < -0.39 is 10.9 Å². The van der Waals surface area contributed by atoms with Crippen molar-refractivity contribution in [2.75, 3.05) is 7.05 Å².